The Kier molecular flexibility index (Phi) is 17.4. The van der Waals surface area contributed by atoms with Gasteiger partial charge in [-0.05, 0) is 6.42 Å². The molecule has 1 atom stereocenters. The molecule has 0 spiro atoms. The van der Waals surface area contributed by atoms with E-state index in [-0.39, 0.29) is 6.10 Å². The molecule has 1 unspecified atom stereocenters. The summed E-state index contributed by atoms with van der Waals surface area (Å²) in [7, 11) is 1.70. The predicted molar refractivity (Wildman–Crippen MR) is 89.9 cm³/mol. The van der Waals surface area contributed by atoms with Crippen molar-refractivity contribution in [2.45, 2.75) is 70.8 Å². The average Bonchev–Trinajstić information content (AvgIpc) is 2.51. The SMILES string of the molecule is C=CCOCC(COCCCCCCCCCCC)OC. The third kappa shape index (κ3) is 15.8. The quantitative estimate of drug-likeness (QED) is 0.286. The highest BCUT2D eigenvalue weighted by molar-refractivity contribution is 4.65. The molecule has 0 radical (unpaired) electrons. The van der Waals surface area contributed by atoms with Crippen LogP contribution in [0, 0.1) is 0 Å². The van der Waals surface area contributed by atoms with E-state index in [2.05, 4.69) is 13.5 Å². The van der Waals surface area contributed by atoms with Crippen LogP contribution in [0.5, 0.6) is 0 Å². The van der Waals surface area contributed by atoms with Crippen molar-refractivity contribution in [1.82, 2.24) is 0 Å². The zero-order valence-electron chi connectivity index (χ0n) is 14.3. The monoisotopic (exact) mass is 300 g/mol. The van der Waals surface area contributed by atoms with Gasteiger partial charge in [0.1, 0.15) is 6.10 Å². The lowest BCUT2D eigenvalue weighted by Crippen LogP contribution is -2.24. The maximum Gasteiger partial charge on any atom is 0.104 e. The maximum absolute atomic E-state index is 5.65. The molecule has 0 aromatic heterocycles. The molecule has 0 aliphatic rings. The van der Waals surface area contributed by atoms with Gasteiger partial charge in [0.15, 0.2) is 0 Å². The molecule has 0 amide bonds. The van der Waals surface area contributed by atoms with Crippen LogP contribution in [0.15, 0.2) is 12.7 Å². The van der Waals surface area contributed by atoms with E-state index in [1.54, 1.807) is 13.2 Å². The van der Waals surface area contributed by atoms with Gasteiger partial charge < -0.3 is 14.2 Å². The van der Waals surface area contributed by atoms with Crippen LogP contribution in [0.25, 0.3) is 0 Å². The molecule has 0 aliphatic heterocycles. The lowest BCUT2D eigenvalue weighted by Gasteiger charge is -2.15. The zero-order chi connectivity index (χ0) is 15.6. The van der Waals surface area contributed by atoms with Crippen LogP contribution >= 0.6 is 0 Å². The summed E-state index contributed by atoms with van der Waals surface area (Å²) in [6, 6.07) is 0. The van der Waals surface area contributed by atoms with Gasteiger partial charge in [0.05, 0.1) is 19.8 Å². The number of methoxy groups -OCH3 is 1. The van der Waals surface area contributed by atoms with E-state index in [0.29, 0.717) is 19.8 Å². The summed E-state index contributed by atoms with van der Waals surface area (Å²) in [5.74, 6) is 0. The summed E-state index contributed by atoms with van der Waals surface area (Å²) in [4.78, 5) is 0. The Hall–Kier alpha value is -0.380. The molecule has 0 N–H and O–H groups in total. The van der Waals surface area contributed by atoms with Crippen LogP contribution in [0.2, 0.25) is 0 Å². The molecule has 3 nitrogen and oxygen atoms in total. The maximum atomic E-state index is 5.65. The Labute approximate surface area is 132 Å². The molecular weight excluding hydrogens is 264 g/mol. The first-order valence-corrected chi connectivity index (χ1v) is 8.64. The third-order valence-electron chi connectivity index (χ3n) is 3.57. The molecule has 0 aliphatic carbocycles. The Balaban J connectivity index is 3.20. The van der Waals surface area contributed by atoms with Crippen molar-refractivity contribution in [3.63, 3.8) is 0 Å². The van der Waals surface area contributed by atoms with Gasteiger partial charge in [0, 0.05) is 13.7 Å². The Bertz CT molecular complexity index is 207. The van der Waals surface area contributed by atoms with Crippen LogP contribution < -0.4 is 0 Å². The molecule has 0 bridgehead atoms. The molecule has 21 heavy (non-hydrogen) atoms. The molecule has 0 fully saturated rings. The highest BCUT2D eigenvalue weighted by atomic mass is 16.6. The second kappa shape index (κ2) is 17.7. The molecule has 126 valence electrons. The van der Waals surface area contributed by atoms with Gasteiger partial charge in [-0.3, -0.25) is 0 Å². The zero-order valence-corrected chi connectivity index (χ0v) is 14.3. The van der Waals surface area contributed by atoms with Crippen molar-refractivity contribution in [1.29, 1.82) is 0 Å². The van der Waals surface area contributed by atoms with Crippen LogP contribution in [0.1, 0.15) is 64.7 Å². The van der Waals surface area contributed by atoms with Crippen molar-refractivity contribution in [2.24, 2.45) is 0 Å². The van der Waals surface area contributed by atoms with Gasteiger partial charge in [-0.1, -0.05) is 64.4 Å². The summed E-state index contributed by atoms with van der Waals surface area (Å²) in [6.07, 6.45) is 13.9. The smallest absolute Gasteiger partial charge is 0.104 e. The van der Waals surface area contributed by atoms with Crippen molar-refractivity contribution >= 4 is 0 Å². The highest BCUT2D eigenvalue weighted by Crippen LogP contribution is 2.09. The lowest BCUT2D eigenvalue weighted by atomic mass is 10.1. The number of ether oxygens (including phenoxy) is 3. The number of hydrogen-bond acceptors (Lipinski definition) is 3. The van der Waals surface area contributed by atoms with Gasteiger partial charge in [-0.25, -0.2) is 0 Å². The minimum Gasteiger partial charge on any atom is -0.379 e. The van der Waals surface area contributed by atoms with E-state index in [1.807, 2.05) is 0 Å². The van der Waals surface area contributed by atoms with Crippen molar-refractivity contribution in [3.05, 3.63) is 12.7 Å². The van der Waals surface area contributed by atoms with E-state index in [1.165, 1.54) is 51.4 Å². The van der Waals surface area contributed by atoms with Crippen molar-refractivity contribution in [2.75, 3.05) is 33.5 Å². The Morgan fingerprint density at radius 3 is 2.00 bits per heavy atom. The molecule has 0 saturated carbocycles. The first-order valence-electron chi connectivity index (χ1n) is 8.64. The average molecular weight is 300 g/mol. The van der Waals surface area contributed by atoms with Crippen LogP contribution in [-0.4, -0.2) is 39.6 Å². The van der Waals surface area contributed by atoms with Gasteiger partial charge in [-0.15, -0.1) is 6.58 Å². The van der Waals surface area contributed by atoms with Crippen LogP contribution in [-0.2, 0) is 14.2 Å². The van der Waals surface area contributed by atoms with E-state index < -0.39 is 0 Å². The summed E-state index contributed by atoms with van der Waals surface area (Å²) >= 11 is 0. The predicted octanol–water partition coefficient (Wildman–Crippen LogP) is 4.75. The number of hydrogen-bond donors (Lipinski definition) is 0. The van der Waals surface area contributed by atoms with Crippen molar-refractivity contribution < 1.29 is 14.2 Å². The minimum absolute atomic E-state index is 0.0310. The van der Waals surface area contributed by atoms with Crippen molar-refractivity contribution in [3.8, 4) is 0 Å². The second-order valence-electron chi connectivity index (χ2n) is 5.59. The van der Waals surface area contributed by atoms with Crippen LogP contribution in [0.3, 0.4) is 0 Å². The fourth-order valence-electron chi connectivity index (χ4n) is 2.20. The summed E-state index contributed by atoms with van der Waals surface area (Å²) in [5.41, 5.74) is 0. The Morgan fingerprint density at radius 2 is 1.43 bits per heavy atom. The van der Waals surface area contributed by atoms with Gasteiger partial charge >= 0.3 is 0 Å². The molecule has 0 rings (SSSR count). The number of unbranched alkanes of at least 4 members (excludes halogenated alkanes) is 8. The standard InChI is InChI=1S/C18H36O3/c1-4-6-7-8-9-10-11-12-13-15-21-17-18(19-3)16-20-14-5-2/h5,18H,2,4,6-17H2,1,3H3. The Morgan fingerprint density at radius 1 is 0.857 bits per heavy atom. The molecule has 3 heteroatoms. The summed E-state index contributed by atoms with van der Waals surface area (Å²) in [5, 5.41) is 0. The van der Waals surface area contributed by atoms with E-state index in [0.717, 1.165) is 13.0 Å². The summed E-state index contributed by atoms with van der Waals surface area (Å²) in [6.45, 7) is 8.47. The fourth-order valence-corrected chi connectivity index (χ4v) is 2.20. The highest BCUT2D eigenvalue weighted by Gasteiger charge is 2.06. The molecule has 0 aromatic rings. The van der Waals surface area contributed by atoms with Gasteiger partial charge in [0.25, 0.3) is 0 Å². The molecular formula is C18H36O3. The topological polar surface area (TPSA) is 27.7 Å². The number of rotatable bonds is 17. The van der Waals surface area contributed by atoms with E-state index in [9.17, 15) is 0 Å². The summed E-state index contributed by atoms with van der Waals surface area (Å²) < 4.78 is 16.3. The largest absolute Gasteiger partial charge is 0.379 e. The van der Waals surface area contributed by atoms with Gasteiger partial charge in [0.2, 0.25) is 0 Å². The van der Waals surface area contributed by atoms with E-state index in [4.69, 9.17) is 14.2 Å². The first-order chi connectivity index (χ1) is 10.3. The molecule has 0 heterocycles. The fraction of sp³-hybridized carbons (Fsp3) is 0.889. The first kappa shape index (κ1) is 20.6. The third-order valence-corrected chi connectivity index (χ3v) is 3.57. The molecule has 0 aromatic carbocycles. The van der Waals surface area contributed by atoms with E-state index >= 15 is 0 Å². The van der Waals surface area contributed by atoms with Crippen LogP contribution in [0.4, 0.5) is 0 Å². The normalized spacial score (nSPS) is 12.5. The molecule has 0 saturated heterocycles. The second-order valence-corrected chi connectivity index (χ2v) is 5.59. The minimum atomic E-state index is 0.0310. The van der Waals surface area contributed by atoms with Gasteiger partial charge in [-0.2, -0.15) is 0 Å². The lowest BCUT2D eigenvalue weighted by molar-refractivity contribution is -0.0365.